The van der Waals surface area contributed by atoms with Gasteiger partial charge in [0, 0.05) is 59.9 Å². The van der Waals surface area contributed by atoms with Crippen LogP contribution in [0.15, 0.2) is 64.8 Å². The molecule has 8 heteroatoms. The molecule has 6 heterocycles. The summed E-state index contributed by atoms with van der Waals surface area (Å²) in [5, 5.41) is 7.82. The lowest BCUT2D eigenvalue weighted by Gasteiger charge is -2.12. The molecule has 0 amide bonds. The van der Waals surface area contributed by atoms with Crippen LogP contribution in [-0.2, 0) is 13.0 Å². The van der Waals surface area contributed by atoms with E-state index in [1.807, 2.05) is 30.9 Å². The fraction of sp³-hybridized carbons (Fsp3) is 0.323. The third kappa shape index (κ3) is 5.02. The molecule has 2 N–H and O–H groups in total. The van der Waals surface area contributed by atoms with Crippen LogP contribution in [0.3, 0.4) is 0 Å². The van der Waals surface area contributed by atoms with Gasteiger partial charge in [0.15, 0.2) is 5.82 Å². The van der Waals surface area contributed by atoms with Crippen molar-refractivity contribution in [2.24, 2.45) is 10.9 Å². The lowest BCUT2D eigenvalue weighted by atomic mass is 9.99. The quantitative estimate of drug-likeness (QED) is 0.260. The first-order valence-corrected chi connectivity index (χ1v) is 14.8. The third-order valence-corrected chi connectivity index (χ3v) is 8.55. The summed E-state index contributed by atoms with van der Waals surface area (Å²) in [6.45, 7) is 2.67. The Balaban J connectivity index is 1.20. The van der Waals surface area contributed by atoms with Gasteiger partial charge in [-0.25, -0.2) is 4.98 Å². The minimum atomic E-state index is 0.760. The third-order valence-electron chi connectivity index (χ3n) is 7.86. The molecule has 1 fully saturated rings. The number of H-pyrrole nitrogens is 1. The van der Waals surface area contributed by atoms with Crippen LogP contribution in [0.4, 0.5) is 0 Å². The zero-order valence-electron chi connectivity index (χ0n) is 21.9. The second-order valence-corrected chi connectivity index (χ2v) is 11.4. The topological polar surface area (TPSA) is 91.7 Å². The largest absolute Gasteiger partial charge is 0.337 e. The van der Waals surface area contributed by atoms with Gasteiger partial charge in [-0.2, -0.15) is 11.3 Å². The number of imidazole rings is 1. The molecule has 1 saturated carbocycles. The summed E-state index contributed by atoms with van der Waals surface area (Å²) in [6.07, 6.45) is 15.1. The number of hydrogen-bond acceptors (Lipinski definition) is 7. The summed E-state index contributed by atoms with van der Waals surface area (Å²) in [7, 11) is 0. The Kier molecular flexibility index (Phi) is 6.72. The highest BCUT2D eigenvalue weighted by molar-refractivity contribution is 7.08. The van der Waals surface area contributed by atoms with Gasteiger partial charge in [-0.1, -0.05) is 12.8 Å². The van der Waals surface area contributed by atoms with Gasteiger partial charge in [-0.15, -0.1) is 0 Å². The minimum Gasteiger partial charge on any atom is -0.337 e. The molecule has 196 valence electrons. The van der Waals surface area contributed by atoms with Crippen molar-refractivity contribution in [1.82, 2.24) is 30.2 Å². The normalized spacial score (nSPS) is 15.8. The average molecular weight is 534 g/mol. The molecular weight excluding hydrogens is 502 g/mol. The monoisotopic (exact) mass is 533 g/mol. The van der Waals surface area contributed by atoms with Crippen LogP contribution in [0.1, 0.15) is 54.6 Å². The molecule has 0 atom stereocenters. The molecule has 0 aromatic carbocycles. The first kappa shape index (κ1) is 24.3. The van der Waals surface area contributed by atoms with Crippen molar-refractivity contribution < 1.29 is 0 Å². The predicted octanol–water partition coefficient (Wildman–Crippen LogP) is 6.21. The highest BCUT2D eigenvalue weighted by Gasteiger charge is 2.21. The van der Waals surface area contributed by atoms with Crippen molar-refractivity contribution >= 4 is 28.1 Å². The highest BCUT2D eigenvalue weighted by Crippen LogP contribution is 2.29. The van der Waals surface area contributed by atoms with Crippen LogP contribution >= 0.6 is 11.3 Å². The second-order valence-electron chi connectivity index (χ2n) is 10.6. The molecule has 0 radical (unpaired) electrons. The molecule has 2 aliphatic rings. The zero-order chi connectivity index (χ0) is 26.0. The number of fused-ring (bicyclic) bond motifs is 2. The van der Waals surface area contributed by atoms with E-state index in [1.165, 1.54) is 36.8 Å². The molecule has 0 spiro atoms. The lowest BCUT2D eigenvalue weighted by molar-refractivity contribution is 0.489. The molecule has 1 aliphatic carbocycles. The van der Waals surface area contributed by atoms with Crippen molar-refractivity contribution in [3.63, 3.8) is 0 Å². The van der Waals surface area contributed by atoms with Gasteiger partial charge in [0.2, 0.25) is 0 Å². The van der Waals surface area contributed by atoms with Crippen LogP contribution in [0.5, 0.6) is 0 Å². The molecule has 5 aromatic rings. The maximum absolute atomic E-state index is 5.03. The number of hydrogen-bond donors (Lipinski definition) is 2. The summed E-state index contributed by atoms with van der Waals surface area (Å²) in [6, 6.07) is 8.44. The van der Waals surface area contributed by atoms with E-state index < -0.39 is 0 Å². The number of aryl methyl sites for hydroxylation is 1. The van der Waals surface area contributed by atoms with E-state index in [-0.39, 0.29) is 0 Å². The van der Waals surface area contributed by atoms with E-state index in [2.05, 4.69) is 49.2 Å². The first-order chi connectivity index (χ1) is 19.3. The van der Waals surface area contributed by atoms with Crippen molar-refractivity contribution in [3.05, 3.63) is 82.3 Å². The van der Waals surface area contributed by atoms with E-state index in [0.717, 1.165) is 89.0 Å². The van der Waals surface area contributed by atoms with Crippen LogP contribution in [0.25, 0.3) is 33.5 Å². The average Bonchev–Trinajstić information content (AvgIpc) is 3.74. The predicted molar refractivity (Wildman–Crippen MR) is 157 cm³/mol. The van der Waals surface area contributed by atoms with E-state index in [4.69, 9.17) is 15.0 Å². The van der Waals surface area contributed by atoms with E-state index in [0.29, 0.717) is 0 Å². The standard InChI is InChI=1S/C31H31N7S/c1-2-5-20(4-1)14-32-15-21-12-24(17-33-16-21)27-13-25-22(18-36-27)6-3-9-34-29(25)31-37-26-7-10-35-28(30(26)38-31)23-8-11-39-19-23/h7-8,10-13,16-20,32H,1-6,9,14-15H2,(H,37,38). The van der Waals surface area contributed by atoms with Crippen LogP contribution in [-0.4, -0.2) is 43.7 Å². The number of thiophene rings is 1. The summed E-state index contributed by atoms with van der Waals surface area (Å²) in [4.78, 5) is 27.6. The van der Waals surface area contributed by atoms with Crippen molar-refractivity contribution in [1.29, 1.82) is 0 Å². The molecule has 0 unspecified atom stereocenters. The number of aromatic amines is 1. The Morgan fingerprint density at radius 1 is 1.00 bits per heavy atom. The fourth-order valence-electron chi connectivity index (χ4n) is 5.83. The lowest BCUT2D eigenvalue weighted by Crippen LogP contribution is -2.20. The number of pyridine rings is 3. The molecule has 7 nitrogen and oxygen atoms in total. The van der Waals surface area contributed by atoms with Crippen LogP contribution in [0, 0.1) is 5.92 Å². The Labute approximate surface area is 231 Å². The van der Waals surface area contributed by atoms with Crippen LogP contribution in [0.2, 0.25) is 0 Å². The van der Waals surface area contributed by atoms with Gasteiger partial charge >= 0.3 is 0 Å². The molecule has 7 rings (SSSR count). The summed E-state index contributed by atoms with van der Waals surface area (Å²) < 4.78 is 0. The Bertz CT molecular complexity index is 1630. The second kappa shape index (κ2) is 10.8. The summed E-state index contributed by atoms with van der Waals surface area (Å²) in [5.41, 5.74) is 10.1. The minimum absolute atomic E-state index is 0.760. The maximum Gasteiger partial charge on any atom is 0.157 e. The SMILES string of the molecule is c1cc2[nH]c(C3=NCCCc4cnc(-c5cncc(CNCC6CCCC6)c5)cc43)nc2c(-c2ccsc2)n1. The molecule has 5 aromatic heterocycles. The van der Waals surface area contributed by atoms with Crippen LogP contribution < -0.4 is 5.32 Å². The van der Waals surface area contributed by atoms with E-state index in [1.54, 1.807) is 11.3 Å². The summed E-state index contributed by atoms with van der Waals surface area (Å²) >= 11 is 1.66. The van der Waals surface area contributed by atoms with E-state index >= 15 is 0 Å². The zero-order valence-corrected chi connectivity index (χ0v) is 22.7. The van der Waals surface area contributed by atoms with Gasteiger partial charge in [0.25, 0.3) is 0 Å². The Morgan fingerprint density at radius 2 is 1.95 bits per heavy atom. The maximum atomic E-state index is 5.03. The molecule has 1 aliphatic heterocycles. The van der Waals surface area contributed by atoms with Gasteiger partial charge in [-0.3, -0.25) is 19.9 Å². The number of nitrogens with one attached hydrogen (secondary N) is 2. The molecule has 39 heavy (non-hydrogen) atoms. The van der Waals surface area contributed by atoms with Gasteiger partial charge in [0.1, 0.15) is 11.2 Å². The van der Waals surface area contributed by atoms with Gasteiger partial charge in [0.05, 0.1) is 16.9 Å². The number of aromatic nitrogens is 5. The molecule has 0 bridgehead atoms. The smallest absolute Gasteiger partial charge is 0.157 e. The molecular formula is C31H31N7S. The van der Waals surface area contributed by atoms with Crippen molar-refractivity contribution in [3.8, 4) is 22.5 Å². The number of aliphatic imine (C=N–C) groups is 1. The summed E-state index contributed by atoms with van der Waals surface area (Å²) in [5.74, 6) is 1.60. The Hall–Kier alpha value is -3.75. The fourth-order valence-corrected chi connectivity index (χ4v) is 6.47. The van der Waals surface area contributed by atoms with Gasteiger partial charge in [-0.05, 0) is 78.9 Å². The van der Waals surface area contributed by atoms with Crippen molar-refractivity contribution in [2.75, 3.05) is 13.1 Å². The van der Waals surface area contributed by atoms with Gasteiger partial charge < -0.3 is 10.3 Å². The Morgan fingerprint density at radius 3 is 2.85 bits per heavy atom. The van der Waals surface area contributed by atoms with E-state index in [9.17, 15) is 0 Å². The number of rotatable bonds is 7. The highest BCUT2D eigenvalue weighted by atomic mass is 32.1. The van der Waals surface area contributed by atoms with Crippen molar-refractivity contribution in [2.45, 2.75) is 45.1 Å². The first-order valence-electron chi connectivity index (χ1n) is 13.9. The number of nitrogens with zero attached hydrogens (tertiary/aromatic N) is 5. The molecule has 0 saturated heterocycles.